The summed E-state index contributed by atoms with van der Waals surface area (Å²) in [7, 11) is -0.280. The zero-order chi connectivity index (χ0) is 15.6. The Balaban J connectivity index is 2.29. The third-order valence-electron chi connectivity index (χ3n) is 3.21. The van der Waals surface area contributed by atoms with Crippen LogP contribution in [0.15, 0.2) is 34.5 Å². The Labute approximate surface area is 130 Å². The number of thiophene rings is 1. The van der Waals surface area contributed by atoms with Crippen LogP contribution in [-0.2, 0) is 16.6 Å². The number of nitrogens with zero attached hydrogens (tertiary/aromatic N) is 1. The van der Waals surface area contributed by atoms with Crippen LogP contribution < -0.4 is 4.74 Å². The van der Waals surface area contributed by atoms with Crippen molar-refractivity contribution >= 4 is 21.4 Å². The first-order valence-corrected chi connectivity index (χ1v) is 8.76. The third-order valence-corrected chi connectivity index (χ3v) is 6.48. The summed E-state index contributed by atoms with van der Waals surface area (Å²) in [6.45, 7) is 4.15. The van der Waals surface area contributed by atoms with Gasteiger partial charge in [0, 0.05) is 24.0 Å². The van der Waals surface area contributed by atoms with E-state index in [4.69, 9.17) is 4.74 Å². The van der Waals surface area contributed by atoms with Gasteiger partial charge in [0.05, 0.1) is 7.11 Å². The Kier molecular flexibility index (Phi) is 4.70. The summed E-state index contributed by atoms with van der Waals surface area (Å²) in [5.41, 5.74) is 1.93. The van der Waals surface area contributed by atoms with E-state index < -0.39 is 10.0 Å². The highest BCUT2D eigenvalue weighted by Crippen LogP contribution is 2.27. The van der Waals surface area contributed by atoms with Gasteiger partial charge < -0.3 is 4.74 Å². The fourth-order valence-corrected chi connectivity index (χ4v) is 4.70. The van der Waals surface area contributed by atoms with Gasteiger partial charge in [0.15, 0.2) is 0 Å². The summed E-state index contributed by atoms with van der Waals surface area (Å²) in [5.74, 6) is 0.699. The van der Waals surface area contributed by atoms with Gasteiger partial charge in [0.25, 0.3) is 10.0 Å². The molecule has 0 saturated carbocycles. The van der Waals surface area contributed by atoms with E-state index in [1.165, 1.54) is 15.6 Å². The molecule has 1 heterocycles. The van der Waals surface area contributed by atoms with E-state index in [-0.39, 0.29) is 6.54 Å². The van der Waals surface area contributed by atoms with Crippen LogP contribution in [0.4, 0.5) is 0 Å². The number of benzene rings is 1. The van der Waals surface area contributed by atoms with Crippen molar-refractivity contribution in [1.82, 2.24) is 4.31 Å². The molecule has 0 aliphatic rings. The number of methoxy groups -OCH3 is 1. The molecule has 2 rings (SSSR count). The van der Waals surface area contributed by atoms with Crippen molar-refractivity contribution in [3.63, 3.8) is 0 Å². The van der Waals surface area contributed by atoms with Gasteiger partial charge in [-0.25, -0.2) is 8.42 Å². The van der Waals surface area contributed by atoms with Crippen LogP contribution >= 0.6 is 11.3 Å². The SMILES string of the molecule is COc1ccc(C)cc1CN(C)S(=O)(=O)c1ccc(C)s1. The Bertz CT molecular complexity index is 735. The fraction of sp³-hybridized carbons (Fsp3) is 0.333. The summed E-state index contributed by atoms with van der Waals surface area (Å²) in [5, 5.41) is 0. The molecule has 2 aromatic rings. The predicted molar refractivity (Wildman–Crippen MR) is 85.4 cm³/mol. The number of sulfonamides is 1. The highest BCUT2D eigenvalue weighted by atomic mass is 32.2. The highest BCUT2D eigenvalue weighted by Gasteiger charge is 2.23. The second-order valence-corrected chi connectivity index (χ2v) is 8.50. The molecule has 21 heavy (non-hydrogen) atoms. The first-order chi connectivity index (χ1) is 9.84. The van der Waals surface area contributed by atoms with Gasteiger partial charge in [-0.05, 0) is 32.0 Å². The summed E-state index contributed by atoms with van der Waals surface area (Å²) < 4.78 is 32.1. The first-order valence-electron chi connectivity index (χ1n) is 6.51. The summed E-state index contributed by atoms with van der Waals surface area (Å²) in [4.78, 5) is 0.982. The molecule has 114 valence electrons. The molecule has 4 nitrogen and oxygen atoms in total. The molecule has 0 aliphatic heterocycles. The van der Waals surface area contributed by atoms with E-state index in [9.17, 15) is 8.42 Å². The number of aryl methyl sites for hydroxylation is 2. The van der Waals surface area contributed by atoms with E-state index >= 15 is 0 Å². The minimum atomic E-state index is -3.46. The Morgan fingerprint density at radius 2 is 1.90 bits per heavy atom. The maximum absolute atomic E-state index is 12.5. The van der Waals surface area contributed by atoms with Gasteiger partial charge >= 0.3 is 0 Å². The van der Waals surface area contributed by atoms with Crippen molar-refractivity contribution in [3.8, 4) is 5.75 Å². The molecule has 0 amide bonds. The standard InChI is InChI=1S/C15H19NO3S2/c1-11-5-7-14(19-4)13(9-11)10-16(3)21(17,18)15-8-6-12(2)20-15/h5-9H,10H2,1-4H3. The fourth-order valence-electron chi connectivity index (χ4n) is 2.06. The zero-order valence-corrected chi connectivity index (χ0v) is 14.2. The molecule has 0 atom stereocenters. The van der Waals surface area contributed by atoms with E-state index in [0.29, 0.717) is 9.96 Å². The first kappa shape index (κ1) is 16.0. The topological polar surface area (TPSA) is 46.6 Å². The molecular weight excluding hydrogens is 306 g/mol. The number of hydrogen-bond acceptors (Lipinski definition) is 4. The van der Waals surface area contributed by atoms with Crippen LogP contribution in [0.1, 0.15) is 16.0 Å². The van der Waals surface area contributed by atoms with E-state index in [0.717, 1.165) is 16.0 Å². The normalized spacial score (nSPS) is 11.9. The predicted octanol–water partition coefficient (Wildman–Crippen LogP) is 3.19. The summed E-state index contributed by atoms with van der Waals surface area (Å²) in [6, 6.07) is 9.22. The lowest BCUT2D eigenvalue weighted by molar-refractivity contribution is 0.398. The van der Waals surface area contributed by atoms with Gasteiger partial charge in [-0.15, -0.1) is 11.3 Å². The Morgan fingerprint density at radius 1 is 1.19 bits per heavy atom. The maximum Gasteiger partial charge on any atom is 0.252 e. The van der Waals surface area contributed by atoms with Crippen LogP contribution in [0.3, 0.4) is 0 Å². The lowest BCUT2D eigenvalue weighted by Crippen LogP contribution is -2.26. The highest BCUT2D eigenvalue weighted by molar-refractivity contribution is 7.91. The van der Waals surface area contributed by atoms with Gasteiger partial charge in [-0.1, -0.05) is 17.7 Å². The molecule has 0 aliphatic carbocycles. The van der Waals surface area contributed by atoms with Crippen molar-refractivity contribution in [1.29, 1.82) is 0 Å². The van der Waals surface area contributed by atoms with E-state index in [1.54, 1.807) is 20.2 Å². The average Bonchev–Trinajstić information content (AvgIpc) is 2.86. The zero-order valence-electron chi connectivity index (χ0n) is 12.6. The van der Waals surface area contributed by atoms with Gasteiger partial charge in [-0.3, -0.25) is 0 Å². The molecule has 6 heteroatoms. The maximum atomic E-state index is 12.5. The monoisotopic (exact) mass is 325 g/mol. The van der Waals surface area contributed by atoms with Gasteiger partial charge in [0.1, 0.15) is 9.96 Å². The average molecular weight is 325 g/mol. The van der Waals surface area contributed by atoms with Crippen LogP contribution in [0, 0.1) is 13.8 Å². The molecule has 0 saturated heterocycles. The van der Waals surface area contributed by atoms with Crippen molar-refractivity contribution in [2.45, 2.75) is 24.6 Å². The Morgan fingerprint density at radius 3 is 2.48 bits per heavy atom. The smallest absolute Gasteiger partial charge is 0.252 e. The molecule has 1 aromatic heterocycles. The minimum Gasteiger partial charge on any atom is -0.496 e. The molecule has 0 N–H and O–H groups in total. The third kappa shape index (κ3) is 3.45. The molecule has 0 unspecified atom stereocenters. The van der Waals surface area contributed by atoms with Crippen LogP contribution in [-0.4, -0.2) is 26.9 Å². The van der Waals surface area contributed by atoms with Crippen molar-refractivity contribution < 1.29 is 13.2 Å². The van der Waals surface area contributed by atoms with Gasteiger partial charge in [-0.2, -0.15) is 4.31 Å². The second-order valence-electron chi connectivity index (χ2n) is 4.94. The van der Waals surface area contributed by atoms with Gasteiger partial charge in [0.2, 0.25) is 0 Å². The van der Waals surface area contributed by atoms with Crippen LogP contribution in [0.25, 0.3) is 0 Å². The second kappa shape index (κ2) is 6.17. The summed E-state index contributed by atoms with van der Waals surface area (Å²) in [6.07, 6.45) is 0. The largest absolute Gasteiger partial charge is 0.496 e. The summed E-state index contributed by atoms with van der Waals surface area (Å²) >= 11 is 1.29. The lowest BCUT2D eigenvalue weighted by Gasteiger charge is -2.18. The molecule has 0 radical (unpaired) electrons. The van der Waals surface area contributed by atoms with Crippen molar-refractivity contribution in [2.75, 3.05) is 14.2 Å². The molecule has 1 aromatic carbocycles. The molecule has 0 fully saturated rings. The molecular formula is C15H19NO3S2. The van der Waals surface area contributed by atoms with Crippen LogP contribution in [0.5, 0.6) is 5.75 Å². The van der Waals surface area contributed by atoms with Crippen molar-refractivity contribution in [3.05, 3.63) is 46.3 Å². The number of ether oxygens (including phenoxy) is 1. The van der Waals surface area contributed by atoms with Crippen LogP contribution in [0.2, 0.25) is 0 Å². The van der Waals surface area contributed by atoms with E-state index in [2.05, 4.69) is 0 Å². The minimum absolute atomic E-state index is 0.282. The number of rotatable bonds is 5. The lowest BCUT2D eigenvalue weighted by atomic mass is 10.1. The Hall–Kier alpha value is -1.37. The quantitative estimate of drug-likeness (QED) is 0.848. The molecule has 0 bridgehead atoms. The van der Waals surface area contributed by atoms with Crippen molar-refractivity contribution in [2.24, 2.45) is 0 Å². The number of hydrogen-bond donors (Lipinski definition) is 0. The molecule has 0 spiro atoms. The van der Waals surface area contributed by atoms with E-state index in [1.807, 2.05) is 38.1 Å².